The summed E-state index contributed by atoms with van der Waals surface area (Å²) in [5.41, 5.74) is 0.554. The summed E-state index contributed by atoms with van der Waals surface area (Å²) in [6.45, 7) is 0. The summed E-state index contributed by atoms with van der Waals surface area (Å²) >= 11 is 5.91. The van der Waals surface area contributed by atoms with Crippen LogP contribution in [-0.4, -0.2) is 7.05 Å². The minimum atomic E-state index is -1.05. The molecule has 0 heterocycles. The minimum Gasteiger partial charge on any atom is -0.313 e. The normalized spacial score (nSPS) is 12.5. The molecule has 0 radical (unpaired) electrons. The van der Waals surface area contributed by atoms with Gasteiger partial charge in [-0.1, -0.05) is 17.7 Å². The topological polar surface area (TPSA) is 12.0 Å². The molecular weight excluding hydrogens is 306 g/mol. The van der Waals surface area contributed by atoms with E-state index in [9.17, 15) is 17.6 Å². The molecule has 1 N–H and O–H groups in total. The fourth-order valence-corrected chi connectivity index (χ4v) is 2.36. The molecule has 2 aromatic rings. The summed E-state index contributed by atoms with van der Waals surface area (Å²) in [5.74, 6) is -3.46. The molecule has 0 fully saturated rings. The van der Waals surface area contributed by atoms with Crippen LogP contribution in [0, 0.1) is 23.3 Å². The molecule has 1 unspecified atom stereocenters. The second-order valence-electron chi connectivity index (χ2n) is 4.57. The van der Waals surface area contributed by atoms with E-state index in [1.54, 1.807) is 7.05 Å². The van der Waals surface area contributed by atoms with Crippen molar-refractivity contribution in [2.24, 2.45) is 0 Å². The van der Waals surface area contributed by atoms with E-state index in [0.717, 1.165) is 24.3 Å². The zero-order chi connectivity index (χ0) is 15.6. The third-order valence-corrected chi connectivity index (χ3v) is 3.53. The van der Waals surface area contributed by atoms with Gasteiger partial charge in [-0.3, -0.25) is 0 Å². The van der Waals surface area contributed by atoms with E-state index in [2.05, 4.69) is 5.32 Å². The van der Waals surface area contributed by atoms with Crippen LogP contribution >= 0.6 is 11.6 Å². The second-order valence-corrected chi connectivity index (χ2v) is 4.98. The zero-order valence-electron chi connectivity index (χ0n) is 11.1. The average Bonchev–Trinajstić information content (AvgIpc) is 2.43. The fraction of sp³-hybridized carbons (Fsp3) is 0.200. The van der Waals surface area contributed by atoms with Crippen molar-refractivity contribution < 1.29 is 17.6 Å². The van der Waals surface area contributed by atoms with Crippen molar-refractivity contribution in [3.05, 3.63) is 69.8 Å². The van der Waals surface area contributed by atoms with Crippen molar-refractivity contribution >= 4 is 11.6 Å². The Labute approximate surface area is 124 Å². The van der Waals surface area contributed by atoms with E-state index in [4.69, 9.17) is 11.6 Å². The first-order valence-corrected chi connectivity index (χ1v) is 6.55. The van der Waals surface area contributed by atoms with Gasteiger partial charge in [0.2, 0.25) is 0 Å². The van der Waals surface area contributed by atoms with Crippen molar-refractivity contribution in [3.63, 3.8) is 0 Å². The van der Waals surface area contributed by atoms with Crippen LogP contribution in [0.3, 0.4) is 0 Å². The molecule has 0 aromatic heterocycles. The molecule has 21 heavy (non-hydrogen) atoms. The summed E-state index contributed by atoms with van der Waals surface area (Å²) in [6, 6.07) is 4.53. The highest BCUT2D eigenvalue weighted by Crippen LogP contribution is 2.28. The molecule has 2 aromatic carbocycles. The van der Waals surface area contributed by atoms with Gasteiger partial charge in [0.15, 0.2) is 11.6 Å². The lowest BCUT2D eigenvalue weighted by Gasteiger charge is -2.19. The fourth-order valence-electron chi connectivity index (χ4n) is 2.08. The van der Waals surface area contributed by atoms with Crippen LogP contribution in [0.5, 0.6) is 0 Å². The largest absolute Gasteiger partial charge is 0.313 e. The van der Waals surface area contributed by atoms with Crippen LogP contribution in [0.4, 0.5) is 17.6 Å². The number of hydrogen-bond acceptors (Lipinski definition) is 1. The molecule has 0 spiro atoms. The predicted octanol–water partition coefficient (Wildman–Crippen LogP) is 4.40. The Balaban J connectivity index is 2.34. The van der Waals surface area contributed by atoms with Crippen LogP contribution in [0.1, 0.15) is 17.2 Å². The summed E-state index contributed by atoms with van der Waals surface area (Å²) < 4.78 is 53.0. The van der Waals surface area contributed by atoms with E-state index in [1.165, 1.54) is 6.07 Å². The highest BCUT2D eigenvalue weighted by atomic mass is 35.5. The molecule has 0 amide bonds. The number of likely N-dealkylation sites (N-methyl/N-ethyl adjacent to an activating group) is 1. The Morgan fingerprint density at radius 2 is 1.67 bits per heavy atom. The van der Waals surface area contributed by atoms with E-state index < -0.39 is 29.3 Å². The van der Waals surface area contributed by atoms with Gasteiger partial charge in [-0.25, -0.2) is 17.6 Å². The Kier molecular flexibility index (Phi) is 4.85. The molecule has 2 rings (SSSR count). The van der Waals surface area contributed by atoms with Crippen LogP contribution < -0.4 is 5.32 Å². The lowest BCUT2D eigenvalue weighted by Crippen LogP contribution is -2.20. The van der Waals surface area contributed by atoms with Crippen molar-refractivity contribution in [1.29, 1.82) is 0 Å². The highest BCUT2D eigenvalue weighted by molar-refractivity contribution is 6.31. The van der Waals surface area contributed by atoms with Crippen LogP contribution in [0.15, 0.2) is 30.3 Å². The van der Waals surface area contributed by atoms with Crippen LogP contribution in [-0.2, 0) is 6.42 Å². The maximum Gasteiger partial charge on any atom is 0.160 e. The van der Waals surface area contributed by atoms with E-state index in [1.807, 2.05) is 0 Å². The Morgan fingerprint density at radius 3 is 2.29 bits per heavy atom. The van der Waals surface area contributed by atoms with E-state index in [0.29, 0.717) is 5.56 Å². The molecule has 0 aliphatic rings. The van der Waals surface area contributed by atoms with Crippen LogP contribution in [0.2, 0.25) is 5.02 Å². The number of benzene rings is 2. The van der Waals surface area contributed by atoms with E-state index in [-0.39, 0.29) is 17.0 Å². The molecule has 0 saturated heterocycles. The molecule has 0 bridgehead atoms. The standard InChI is InChI=1S/C15H12ClF4N/c1-21-15(4-8-2-3-9(17)5-12(8)18)10-6-13(19)14(20)7-11(10)16/h2-3,5-7,15,21H,4H2,1H3. The maximum absolute atomic E-state index is 13.7. The molecule has 1 nitrogen and oxygen atoms in total. The van der Waals surface area contributed by atoms with E-state index >= 15 is 0 Å². The van der Waals surface area contributed by atoms with Crippen molar-refractivity contribution in [2.45, 2.75) is 12.5 Å². The lowest BCUT2D eigenvalue weighted by atomic mass is 9.98. The third-order valence-electron chi connectivity index (χ3n) is 3.20. The first-order valence-electron chi connectivity index (χ1n) is 6.18. The van der Waals surface area contributed by atoms with Crippen LogP contribution in [0.25, 0.3) is 0 Å². The van der Waals surface area contributed by atoms with Gasteiger partial charge in [0.05, 0.1) is 0 Å². The smallest absolute Gasteiger partial charge is 0.160 e. The summed E-state index contributed by atoms with van der Waals surface area (Å²) in [7, 11) is 1.59. The SMILES string of the molecule is CNC(Cc1ccc(F)cc1F)c1cc(F)c(F)cc1Cl. The van der Waals surface area contributed by atoms with Gasteiger partial charge in [0.25, 0.3) is 0 Å². The van der Waals surface area contributed by atoms with Crippen molar-refractivity contribution in [3.8, 4) is 0 Å². The quantitative estimate of drug-likeness (QED) is 0.651. The second kappa shape index (κ2) is 6.45. The maximum atomic E-state index is 13.7. The Hall–Kier alpha value is -1.59. The first-order chi connectivity index (χ1) is 9.92. The van der Waals surface area contributed by atoms with Gasteiger partial charge in [0, 0.05) is 17.1 Å². The lowest BCUT2D eigenvalue weighted by molar-refractivity contribution is 0.499. The monoisotopic (exact) mass is 317 g/mol. The van der Waals surface area contributed by atoms with Gasteiger partial charge < -0.3 is 5.32 Å². The molecule has 1 atom stereocenters. The Bertz CT molecular complexity index is 660. The zero-order valence-corrected chi connectivity index (χ0v) is 11.8. The van der Waals surface area contributed by atoms with Gasteiger partial charge in [-0.15, -0.1) is 0 Å². The number of hydrogen-bond donors (Lipinski definition) is 1. The van der Waals surface area contributed by atoms with Gasteiger partial charge in [-0.2, -0.15) is 0 Å². The minimum absolute atomic E-state index is 0.0377. The van der Waals surface area contributed by atoms with Gasteiger partial charge in [-0.05, 0) is 42.8 Å². The first kappa shape index (κ1) is 15.8. The number of rotatable bonds is 4. The number of halogens is 5. The molecule has 0 saturated carbocycles. The van der Waals surface area contributed by atoms with Crippen molar-refractivity contribution in [1.82, 2.24) is 5.32 Å². The van der Waals surface area contributed by atoms with Gasteiger partial charge in [0.1, 0.15) is 11.6 Å². The molecule has 6 heteroatoms. The highest BCUT2D eigenvalue weighted by Gasteiger charge is 2.18. The average molecular weight is 318 g/mol. The summed E-state index contributed by atoms with van der Waals surface area (Å²) in [4.78, 5) is 0. The molecule has 0 aliphatic carbocycles. The molecule has 112 valence electrons. The predicted molar refractivity (Wildman–Crippen MR) is 73.2 cm³/mol. The molecular formula is C15H12ClF4N. The number of nitrogens with one attached hydrogen (secondary N) is 1. The Morgan fingerprint density at radius 1 is 1.00 bits per heavy atom. The third kappa shape index (κ3) is 3.54. The summed E-state index contributed by atoms with van der Waals surface area (Å²) in [6.07, 6.45) is 0.118. The van der Waals surface area contributed by atoms with Crippen molar-refractivity contribution in [2.75, 3.05) is 7.05 Å². The molecule has 0 aliphatic heterocycles. The van der Waals surface area contributed by atoms with Gasteiger partial charge >= 0.3 is 0 Å². The summed E-state index contributed by atoms with van der Waals surface area (Å²) in [5, 5.41) is 2.90.